The van der Waals surface area contributed by atoms with Gasteiger partial charge < -0.3 is 29.8 Å². The second-order valence-electron chi connectivity index (χ2n) is 5.84. The molecule has 8 nitrogen and oxygen atoms in total. The first-order valence-electron chi connectivity index (χ1n) is 8.33. The van der Waals surface area contributed by atoms with E-state index in [0.29, 0.717) is 18.8 Å². The number of hydrogen-bond donors (Lipinski definition) is 2. The average molecular weight is 358 g/mol. The summed E-state index contributed by atoms with van der Waals surface area (Å²) in [5.74, 6) is 2.36. The highest BCUT2D eigenvalue weighted by atomic mass is 16.7. The average Bonchev–Trinajstić information content (AvgIpc) is 3.27. The van der Waals surface area contributed by atoms with Crippen LogP contribution in [-0.2, 0) is 13.1 Å². The molecule has 26 heavy (non-hydrogen) atoms. The molecule has 0 unspecified atom stereocenters. The molecule has 1 aliphatic rings. The molecule has 2 aromatic rings. The summed E-state index contributed by atoms with van der Waals surface area (Å²) < 4.78 is 16.1. The fraction of sp³-hybridized carbons (Fsp3) is 0.333. The molecule has 0 aliphatic carbocycles. The highest BCUT2D eigenvalue weighted by molar-refractivity contribution is 5.89. The number of benzene rings is 1. The number of amides is 1. The van der Waals surface area contributed by atoms with E-state index in [0.717, 1.165) is 29.6 Å². The molecule has 138 valence electrons. The van der Waals surface area contributed by atoms with Crippen molar-refractivity contribution in [2.75, 3.05) is 20.4 Å². The maximum absolute atomic E-state index is 11.1. The normalized spacial score (nSPS) is 12.9. The van der Waals surface area contributed by atoms with E-state index in [1.807, 2.05) is 37.1 Å². The van der Waals surface area contributed by atoms with E-state index < -0.39 is 5.91 Å². The van der Waals surface area contributed by atoms with Gasteiger partial charge in [-0.1, -0.05) is 6.07 Å². The lowest BCUT2D eigenvalue weighted by molar-refractivity contribution is 0.0972. The van der Waals surface area contributed by atoms with Crippen LogP contribution < -0.4 is 20.5 Å². The number of aliphatic imine (C=N–C) groups is 1. The lowest BCUT2D eigenvalue weighted by Crippen LogP contribution is -2.38. The summed E-state index contributed by atoms with van der Waals surface area (Å²) in [6.45, 7) is 3.94. The molecule has 0 fully saturated rings. The van der Waals surface area contributed by atoms with Gasteiger partial charge in [-0.3, -0.25) is 4.79 Å². The Morgan fingerprint density at radius 1 is 1.27 bits per heavy atom. The number of nitrogens with one attached hydrogen (secondary N) is 1. The summed E-state index contributed by atoms with van der Waals surface area (Å²) in [7, 11) is 1.95. The van der Waals surface area contributed by atoms with Crippen LogP contribution in [0.25, 0.3) is 0 Å². The monoisotopic (exact) mass is 358 g/mol. The number of nitrogens with two attached hydrogens (primary N) is 1. The number of hydrogen-bond acceptors (Lipinski definition) is 5. The fourth-order valence-electron chi connectivity index (χ4n) is 2.61. The van der Waals surface area contributed by atoms with Crippen molar-refractivity contribution >= 4 is 11.9 Å². The van der Waals surface area contributed by atoms with E-state index in [1.54, 1.807) is 12.1 Å². The number of fused-ring (bicyclic) bond motifs is 1. The first kappa shape index (κ1) is 17.7. The van der Waals surface area contributed by atoms with Crippen molar-refractivity contribution in [2.24, 2.45) is 10.7 Å². The Morgan fingerprint density at radius 2 is 2.08 bits per heavy atom. The molecule has 3 N–H and O–H groups in total. The number of carbonyl (C=O) groups is 1. The van der Waals surface area contributed by atoms with Gasteiger partial charge in [0.15, 0.2) is 23.2 Å². The zero-order valence-electron chi connectivity index (χ0n) is 14.8. The highest BCUT2D eigenvalue weighted by Crippen LogP contribution is 2.32. The van der Waals surface area contributed by atoms with Crippen molar-refractivity contribution in [3.63, 3.8) is 0 Å². The molecule has 0 saturated heterocycles. The van der Waals surface area contributed by atoms with Crippen molar-refractivity contribution in [1.29, 1.82) is 0 Å². The predicted octanol–water partition coefficient (Wildman–Crippen LogP) is 1.70. The zero-order chi connectivity index (χ0) is 18.5. The molecule has 0 spiro atoms. The van der Waals surface area contributed by atoms with Crippen LogP contribution >= 0.6 is 0 Å². The third-order valence-electron chi connectivity index (χ3n) is 3.84. The smallest absolute Gasteiger partial charge is 0.284 e. The lowest BCUT2D eigenvalue weighted by atomic mass is 10.2. The number of furan rings is 1. The van der Waals surface area contributed by atoms with Crippen LogP contribution in [0.4, 0.5) is 0 Å². The predicted molar refractivity (Wildman–Crippen MR) is 96.1 cm³/mol. The molecule has 8 heteroatoms. The summed E-state index contributed by atoms with van der Waals surface area (Å²) in [6.07, 6.45) is 0. The first-order valence-corrected chi connectivity index (χ1v) is 8.33. The Hall–Kier alpha value is -3.16. The van der Waals surface area contributed by atoms with Gasteiger partial charge in [-0.2, -0.15) is 0 Å². The van der Waals surface area contributed by atoms with Crippen molar-refractivity contribution < 1.29 is 18.7 Å². The van der Waals surface area contributed by atoms with E-state index in [4.69, 9.17) is 19.6 Å². The number of guanidine groups is 1. The number of carbonyl (C=O) groups excluding carboxylic acids is 1. The molecule has 2 heterocycles. The number of primary amides is 1. The summed E-state index contributed by atoms with van der Waals surface area (Å²) in [5, 5.41) is 3.24. The standard InChI is InChI=1S/C18H22N4O4/c1-3-20-18(21-9-13-5-7-15(26-13)17(19)23)22(2)10-12-4-6-14-16(8-12)25-11-24-14/h4-8H,3,9-11H2,1-2H3,(H2,19,23)(H,20,21). The van der Waals surface area contributed by atoms with Gasteiger partial charge in [-0.15, -0.1) is 0 Å². The second-order valence-corrected chi connectivity index (χ2v) is 5.84. The minimum atomic E-state index is -0.591. The Bertz CT molecular complexity index is 815. The van der Waals surface area contributed by atoms with Gasteiger partial charge in [0, 0.05) is 20.1 Å². The van der Waals surface area contributed by atoms with Crippen molar-refractivity contribution in [3.05, 3.63) is 47.4 Å². The summed E-state index contributed by atoms with van der Waals surface area (Å²) in [5.41, 5.74) is 6.28. The molecule has 1 aliphatic heterocycles. The van der Waals surface area contributed by atoms with Crippen LogP contribution in [-0.4, -0.2) is 37.2 Å². The minimum Gasteiger partial charge on any atom is -0.454 e. The van der Waals surface area contributed by atoms with Gasteiger partial charge in [0.1, 0.15) is 12.3 Å². The lowest BCUT2D eigenvalue weighted by Gasteiger charge is -2.22. The topological polar surface area (TPSA) is 102 Å². The van der Waals surface area contributed by atoms with E-state index in [-0.39, 0.29) is 12.6 Å². The molecule has 0 atom stereocenters. The van der Waals surface area contributed by atoms with Gasteiger partial charge in [0.05, 0.1) is 0 Å². The molecule has 0 radical (unpaired) electrons. The fourth-order valence-corrected chi connectivity index (χ4v) is 2.61. The van der Waals surface area contributed by atoms with E-state index in [1.165, 1.54) is 0 Å². The highest BCUT2D eigenvalue weighted by Gasteiger charge is 2.15. The second kappa shape index (κ2) is 7.81. The Balaban J connectivity index is 1.68. The number of ether oxygens (including phenoxy) is 2. The van der Waals surface area contributed by atoms with E-state index in [9.17, 15) is 4.79 Å². The van der Waals surface area contributed by atoms with Crippen LogP contribution in [0.15, 0.2) is 39.7 Å². The van der Waals surface area contributed by atoms with Crippen LogP contribution in [0, 0.1) is 0 Å². The van der Waals surface area contributed by atoms with Gasteiger partial charge in [0.25, 0.3) is 5.91 Å². The summed E-state index contributed by atoms with van der Waals surface area (Å²) >= 11 is 0. The molecular weight excluding hydrogens is 336 g/mol. The molecule has 0 bridgehead atoms. The molecule has 1 amide bonds. The van der Waals surface area contributed by atoms with Crippen LogP contribution in [0.1, 0.15) is 28.8 Å². The molecule has 3 rings (SSSR count). The van der Waals surface area contributed by atoms with Gasteiger partial charge in [-0.25, -0.2) is 4.99 Å². The third-order valence-corrected chi connectivity index (χ3v) is 3.84. The van der Waals surface area contributed by atoms with Crippen LogP contribution in [0.5, 0.6) is 11.5 Å². The molecule has 1 aromatic heterocycles. The minimum absolute atomic E-state index is 0.133. The van der Waals surface area contributed by atoms with E-state index in [2.05, 4.69) is 10.3 Å². The van der Waals surface area contributed by atoms with Gasteiger partial charge in [0.2, 0.25) is 6.79 Å². The summed E-state index contributed by atoms with van der Waals surface area (Å²) in [4.78, 5) is 17.7. The van der Waals surface area contributed by atoms with Crippen LogP contribution in [0.2, 0.25) is 0 Å². The maximum atomic E-state index is 11.1. The molecule has 1 aromatic carbocycles. The number of nitrogens with zero attached hydrogens (tertiary/aromatic N) is 2. The maximum Gasteiger partial charge on any atom is 0.284 e. The Labute approximate surface area is 151 Å². The molecular formula is C18H22N4O4. The van der Waals surface area contributed by atoms with Gasteiger partial charge in [-0.05, 0) is 36.8 Å². The number of rotatable bonds is 6. The van der Waals surface area contributed by atoms with E-state index >= 15 is 0 Å². The first-order chi connectivity index (χ1) is 12.6. The SMILES string of the molecule is CCNC(=NCc1ccc(C(N)=O)o1)N(C)Cc1ccc2c(c1)OCO2. The van der Waals surface area contributed by atoms with Crippen molar-refractivity contribution in [1.82, 2.24) is 10.2 Å². The Kier molecular flexibility index (Phi) is 5.31. The third kappa shape index (κ3) is 4.08. The van der Waals surface area contributed by atoms with Crippen LogP contribution in [0.3, 0.4) is 0 Å². The largest absolute Gasteiger partial charge is 0.454 e. The Morgan fingerprint density at radius 3 is 2.81 bits per heavy atom. The molecule has 0 saturated carbocycles. The quantitative estimate of drug-likeness (QED) is 0.602. The van der Waals surface area contributed by atoms with Crippen molar-refractivity contribution in [3.8, 4) is 11.5 Å². The summed E-state index contributed by atoms with van der Waals surface area (Å²) in [6, 6.07) is 9.12. The zero-order valence-corrected chi connectivity index (χ0v) is 14.8. The van der Waals surface area contributed by atoms with Gasteiger partial charge >= 0.3 is 0 Å². The van der Waals surface area contributed by atoms with Crippen molar-refractivity contribution in [2.45, 2.75) is 20.0 Å².